The van der Waals surface area contributed by atoms with Crippen molar-refractivity contribution in [2.45, 2.75) is 6.10 Å². The molecule has 0 bridgehead atoms. The van der Waals surface area contributed by atoms with Gasteiger partial charge in [0.1, 0.15) is 4.88 Å². The van der Waals surface area contributed by atoms with E-state index in [0.717, 1.165) is 4.31 Å². The van der Waals surface area contributed by atoms with Crippen molar-refractivity contribution in [3.8, 4) is 0 Å². The number of carbonyl (C=O) groups is 1. The van der Waals surface area contributed by atoms with E-state index in [-0.39, 0.29) is 24.7 Å². The first-order valence-corrected chi connectivity index (χ1v) is 9.19. The Balaban J connectivity index is 2.08. The summed E-state index contributed by atoms with van der Waals surface area (Å²) >= 11 is 7.17. The second-order valence-corrected chi connectivity index (χ2v) is 8.75. The highest BCUT2D eigenvalue weighted by Crippen LogP contribution is 2.27. The number of halogens is 1. The van der Waals surface area contributed by atoms with Crippen molar-refractivity contribution in [2.75, 3.05) is 32.9 Å². The second kappa shape index (κ2) is 6.21. The minimum atomic E-state index is -3.41. The summed E-state index contributed by atoms with van der Waals surface area (Å²) in [7, 11) is -0.515. The molecule has 0 aromatic carbocycles. The standard InChI is InChI=1S/C12H17ClN2O4S2/c1-14(2)21(18,19)7-8-5-15(6-10(8)16)12(17)11-9(13)3-4-20-11/h3-4,8,10,16H,5-7H2,1-2H3/t8-,10-/m0/s1. The fourth-order valence-corrected chi connectivity index (χ4v) is 4.46. The number of aliphatic hydroxyl groups excluding tert-OH is 1. The molecule has 1 aliphatic rings. The van der Waals surface area contributed by atoms with Crippen molar-refractivity contribution in [1.29, 1.82) is 0 Å². The molecule has 9 heteroatoms. The SMILES string of the molecule is CN(C)S(=O)(=O)C[C@@H]1CN(C(=O)c2sccc2Cl)C[C@@H]1O. The van der Waals surface area contributed by atoms with Crippen LogP contribution in [0.5, 0.6) is 0 Å². The van der Waals surface area contributed by atoms with Gasteiger partial charge in [-0.25, -0.2) is 12.7 Å². The van der Waals surface area contributed by atoms with Crippen LogP contribution in [0.15, 0.2) is 11.4 Å². The van der Waals surface area contributed by atoms with E-state index in [4.69, 9.17) is 11.6 Å². The van der Waals surface area contributed by atoms with Crippen LogP contribution in [-0.2, 0) is 10.0 Å². The lowest BCUT2D eigenvalue weighted by molar-refractivity contribution is 0.0769. The van der Waals surface area contributed by atoms with Gasteiger partial charge in [0.15, 0.2) is 0 Å². The number of amides is 1. The quantitative estimate of drug-likeness (QED) is 0.866. The molecular weight excluding hydrogens is 336 g/mol. The average Bonchev–Trinajstić information content (AvgIpc) is 2.95. The largest absolute Gasteiger partial charge is 0.391 e. The maximum absolute atomic E-state index is 12.3. The predicted octanol–water partition coefficient (Wildman–Crippen LogP) is 0.726. The van der Waals surface area contributed by atoms with Crippen LogP contribution in [-0.4, -0.2) is 67.7 Å². The zero-order valence-corrected chi connectivity index (χ0v) is 14.1. The molecular formula is C12H17ClN2O4S2. The zero-order valence-electron chi connectivity index (χ0n) is 11.7. The molecule has 118 valence electrons. The lowest BCUT2D eigenvalue weighted by atomic mass is 10.1. The van der Waals surface area contributed by atoms with Gasteiger partial charge in [-0.3, -0.25) is 4.79 Å². The van der Waals surface area contributed by atoms with Gasteiger partial charge < -0.3 is 10.0 Å². The van der Waals surface area contributed by atoms with Gasteiger partial charge in [-0.05, 0) is 11.4 Å². The van der Waals surface area contributed by atoms with E-state index in [1.54, 1.807) is 11.4 Å². The molecule has 0 spiro atoms. The van der Waals surface area contributed by atoms with Crippen LogP contribution in [0.4, 0.5) is 0 Å². The first kappa shape index (κ1) is 16.7. The van der Waals surface area contributed by atoms with Crippen LogP contribution >= 0.6 is 22.9 Å². The molecule has 0 aliphatic carbocycles. The van der Waals surface area contributed by atoms with E-state index >= 15 is 0 Å². The molecule has 1 aromatic rings. The van der Waals surface area contributed by atoms with Crippen LogP contribution in [0.25, 0.3) is 0 Å². The second-order valence-electron chi connectivity index (χ2n) is 5.20. The highest BCUT2D eigenvalue weighted by Gasteiger charge is 2.38. The number of likely N-dealkylation sites (tertiary alicyclic amines) is 1. The normalized spacial score (nSPS) is 23.0. The van der Waals surface area contributed by atoms with Gasteiger partial charge in [0.2, 0.25) is 10.0 Å². The summed E-state index contributed by atoms with van der Waals surface area (Å²) in [6, 6.07) is 1.64. The molecule has 1 saturated heterocycles. The summed E-state index contributed by atoms with van der Waals surface area (Å²) in [6.07, 6.45) is -0.845. The van der Waals surface area contributed by atoms with Crippen molar-refractivity contribution in [1.82, 2.24) is 9.21 Å². The summed E-state index contributed by atoms with van der Waals surface area (Å²) in [4.78, 5) is 14.2. The number of carbonyl (C=O) groups excluding carboxylic acids is 1. The monoisotopic (exact) mass is 352 g/mol. The van der Waals surface area contributed by atoms with Crippen LogP contribution in [0.2, 0.25) is 5.02 Å². The topological polar surface area (TPSA) is 77.9 Å². The van der Waals surface area contributed by atoms with E-state index < -0.39 is 22.0 Å². The molecule has 0 unspecified atom stereocenters. The molecule has 1 fully saturated rings. The minimum absolute atomic E-state index is 0.126. The van der Waals surface area contributed by atoms with Gasteiger partial charge in [0.25, 0.3) is 5.91 Å². The maximum atomic E-state index is 12.3. The van der Waals surface area contributed by atoms with Crippen molar-refractivity contribution in [3.05, 3.63) is 21.3 Å². The van der Waals surface area contributed by atoms with E-state index in [1.165, 1.54) is 30.3 Å². The Morgan fingerprint density at radius 3 is 2.71 bits per heavy atom. The lowest BCUT2D eigenvalue weighted by Gasteiger charge is -2.17. The number of aliphatic hydroxyl groups is 1. The number of rotatable bonds is 4. The molecule has 21 heavy (non-hydrogen) atoms. The van der Waals surface area contributed by atoms with Gasteiger partial charge in [-0.1, -0.05) is 11.6 Å². The van der Waals surface area contributed by atoms with Crippen molar-refractivity contribution in [3.63, 3.8) is 0 Å². The summed E-state index contributed by atoms with van der Waals surface area (Å²) < 4.78 is 24.9. The number of sulfonamides is 1. The summed E-state index contributed by atoms with van der Waals surface area (Å²) in [5.74, 6) is -0.928. The first-order chi connectivity index (χ1) is 9.72. The molecule has 1 amide bonds. The predicted molar refractivity (Wildman–Crippen MR) is 82.2 cm³/mol. The third-order valence-electron chi connectivity index (χ3n) is 3.49. The van der Waals surface area contributed by atoms with Crippen LogP contribution in [0.3, 0.4) is 0 Å². The highest BCUT2D eigenvalue weighted by atomic mass is 35.5. The molecule has 2 atom stereocenters. The zero-order chi connectivity index (χ0) is 15.8. The van der Waals surface area contributed by atoms with E-state index in [1.807, 2.05) is 0 Å². The smallest absolute Gasteiger partial charge is 0.265 e. The Bertz CT molecular complexity index is 629. The number of thiophene rings is 1. The Morgan fingerprint density at radius 1 is 1.52 bits per heavy atom. The fraction of sp³-hybridized carbons (Fsp3) is 0.583. The maximum Gasteiger partial charge on any atom is 0.265 e. The van der Waals surface area contributed by atoms with E-state index in [0.29, 0.717) is 9.90 Å². The van der Waals surface area contributed by atoms with Gasteiger partial charge >= 0.3 is 0 Å². The Morgan fingerprint density at radius 2 is 2.19 bits per heavy atom. The van der Waals surface area contributed by atoms with Crippen LogP contribution in [0.1, 0.15) is 9.67 Å². The molecule has 1 N–H and O–H groups in total. The van der Waals surface area contributed by atoms with Gasteiger partial charge in [0.05, 0.1) is 16.9 Å². The fourth-order valence-electron chi connectivity index (χ4n) is 2.19. The molecule has 0 saturated carbocycles. The Hall–Kier alpha value is -0.670. The summed E-state index contributed by atoms with van der Waals surface area (Å²) in [5.41, 5.74) is 0. The number of β-amino-alcohol motifs (C(OH)–C–C–N with tert-alkyl or cyclic N) is 1. The van der Waals surface area contributed by atoms with Gasteiger partial charge in [-0.15, -0.1) is 11.3 Å². The van der Waals surface area contributed by atoms with E-state index in [2.05, 4.69) is 0 Å². The van der Waals surface area contributed by atoms with Gasteiger partial charge in [-0.2, -0.15) is 0 Å². The molecule has 2 heterocycles. The Labute approximate surface area is 133 Å². The number of nitrogens with zero attached hydrogens (tertiary/aromatic N) is 2. The number of hydrogen-bond acceptors (Lipinski definition) is 5. The Kier molecular flexibility index (Phi) is 4.94. The lowest BCUT2D eigenvalue weighted by Crippen LogP contribution is -2.33. The van der Waals surface area contributed by atoms with Gasteiger partial charge in [0, 0.05) is 33.1 Å². The van der Waals surface area contributed by atoms with E-state index in [9.17, 15) is 18.3 Å². The summed E-state index contributed by atoms with van der Waals surface area (Å²) in [5, 5.41) is 12.1. The minimum Gasteiger partial charge on any atom is -0.391 e. The highest BCUT2D eigenvalue weighted by molar-refractivity contribution is 7.89. The molecule has 1 aromatic heterocycles. The first-order valence-electron chi connectivity index (χ1n) is 6.33. The molecule has 0 radical (unpaired) electrons. The third kappa shape index (κ3) is 3.57. The molecule has 1 aliphatic heterocycles. The van der Waals surface area contributed by atoms with Crippen molar-refractivity contribution in [2.24, 2.45) is 5.92 Å². The number of hydrogen-bond donors (Lipinski definition) is 1. The molecule has 6 nitrogen and oxygen atoms in total. The average molecular weight is 353 g/mol. The van der Waals surface area contributed by atoms with Crippen LogP contribution < -0.4 is 0 Å². The third-order valence-corrected chi connectivity index (χ3v) is 6.78. The van der Waals surface area contributed by atoms with Crippen molar-refractivity contribution < 1.29 is 18.3 Å². The van der Waals surface area contributed by atoms with Crippen LogP contribution in [0, 0.1) is 5.92 Å². The summed E-state index contributed by atoms with van der Waals surface area (Å²) in [6.45, 7) is 0.335. The molecule has 2 rings (SSSR count). The van der Waals surface area contributed by atoms with Crippen molar-refractivity contribution >= 4 is 38.9 Å².